The topological polar surface area (TPSA) is 88.1 Å². The lowest BCUT2D eigenvalue weighted by Crippen LogP contribution is -2.29. The molecule has 2 aliphatic heterocycles. The van der Waals surface area contributed by atoms with Gasteiger partial charge in [-0.25, -0.2) is 4.79 Å². The molecule has 7 heteroatoms. The highest BCUT2D eigenvalue weighted by Gasteiger charge is 2.27. The van der Waals surface area contributed by atoms with E-state index >= 15 is 0 Å². The van der Waals surface area contributed by atoms with E-state index in [2.05, 4.69) is 5.32 Å². The van der Waals surface area contributed by atoms with Gasteiger partial charge in [0.1, 0.15) is 17.6 Å². The minimum atomic E-state index is -0.929. The van der Waals surface area contributed by atoms with Crippen molar-refractivity contribution in [1.29, 1.82) is 0 Å². The van der Waals surface area contributed by atoms with Crippen LogP contribution in [0.5, 0.6) is 11.5 Å². The standard InChI is InChI=1S/C13H14N2O5/c16-12-7-19-11-2-1-8(5-10(11)14-12)20-9-3-4-15(6-9)13(17)18/h1-2,5,9H,3-4,6-7H2,(H,14,16)(H,17,18)/t9-/m1/s1. The Morgan fingerprint density at radius 3 is 3.10 bits per heavy atom. The number of nitrogens with zero attached hydrogens (tertiary/aromatic N) is 1. The minimum absolute atomic E-state index is 0.0173. The molecule has 20 heavy (non-hydrogen) atoms. The van der Waals surface area contributed by atoms with Crippen LogP contribution in [0.15, 0.2) is 18.2 Å². The summed E-state index contributed by atoms with van der Waals surface area (Å²) in [6.07, 6.45) is -0.432. The SMILES string of the molecule is O=C1COc2ccc(O[C@@H]3CCN(C(=O)O)C3)cc2N1. The molecule has 1 fully saturated rings. The van der Waals surface area contributed by atoms with E-state index in [-0.39, 0.29) is 18.6 Å². The fourth-order valence-electron chi connectivity index (χ4n) is 2.33. The van der Waals surface area contributed by atoms with E-state index in [1.807, 2.05) is 0 Å². The first-order chi connectivity index (χ1) is 9.61. The smallest absolute Gasteiger partial charge is 0.407 e. The van der Waals surface area contributed by atoms with Crippen molar-refractivity contribution in [2.75, 3.05) is 25.0 Å². The van der Waals surface area contributed by atoms with E-state index in [0.717, 1.165) is 0 Å². The van der Waals surface area contributed by atoms with Gasteiger partial charge in [-0.05, 0) is 12.1 Å². The third-order valence-corrected chi connectivity index (χ3v) is 3.30. The van der Waals surface area contributed by atoms with Gasteiger partial charge >= 0.3 is 6.09 Å². The molecule has 2 amide bonds. The third kappa shape index (κ3) is 2.47. The number of carboxylic acid groups (broad SMARTS) is 1. The normalized spacial score (nSPS) is 20.9. The van der Waals surface area contributed by atoms with Crippen molar-refractivity contribution in [3.05, 3.63) is 18.2 Å². The molecule has 1 aromatic rings. The number of hydrogen-bond donors (Lipinski definition) is 2. The Hall–Kier alpha value is -2.44. The van der Waals surface area contributed by atoms with Crippen LogP contribution in [0.3, 0.4) is 0 Å². The Morgan fingerprint density at radius 1 is 1.50 bits per heavy atom. The maximum Gasteiger partial charge on any atom is 0.407 e. The molecule has 106 valence electrons. The van der Waals surface area contributed by atoms with E-state index in [9.17, 15) is 9.59 Å². The summed E-state index contributed by atoms with van der Waals surface area (Å²) in [5.41, 5.74) is 0.576. The van der Waals surface area contributed by atoms with Crippen molar-refractivity contribution in [2.45, 2.75) is 12.5 Å². The molecule has 2 N–H and O–H groups in total. The first-order valence-electron chi connectivity index (χ1n) is 6.33. The largest absolute Gasteiger partial charge is 0.488 e. The number of hydrogen-bond acceptors (Lipinski definition) is 4. The number of benzene rings is 1. The molecule has 0 saturated carbocycles. The van der Waals surface area contributed by atoms with Crippen LogP contribution in [-0.2, 0) is 4.79 Å². The summed E-state index contributed by atoms with van der Waals surface area (Å²) in [4.78, 5) is 23.4. The second kappa shape index (κ2) is 4.92. The monoisotopic (exact) mass is 278 g/mol. The fourth-order valence-corrected chi connectivity index (χ4v) is 2.33. The van der Waals surface area contributed by atoms with Gasteiger partial charge in [0.05, 0.1) is 12.2 Å². The number of likely N-dealkylation sites (tertiary alicyclic amines) is 1. The summed E-state index contributed by atoms with van der Waals surface area (Å²) >= 11 is 0. The van der Waals surface area contributed by atoms with Crippen molar-refractivity contribution in [1.82, 2.24) is 4.90 Å². The molecule has 0 aliphatic carbocycles. The molecule has 0 spiro atoms. The van der Waals surface area contributed by atoms with E-state index in [1.54, 1.807) is 18.2 Å². The number of carbonyl (C=O) groups is 2. The Balaban J connectivity index is 1.68. The highest BCUT2D eigenvalue weighted by Crippen LogP contribution is 2.32. The minimum Gasteiger partial charge on any atom is -0.488 e. The molecule has 0 radical (unpaired) electrons. The molecular formula is C13H14N2O5. The van der Waals surface area contributed by atoms with E-state index in [4.69, 9.17) is 14.6 Å². The van der Waals surface area contributed by atoms with Crippen molar-refractivity contribution in [3.8, 4) is 11.5 Å². The zero-order valence-electron chi connectivity index (χ0n) is 10.7. The summed E-state index contributed by atoms with van der Waals surface area (Å²) in [7, 11) is 0. The van der Waals surface area contributed by atoms with Crippen LogP contribution >= 0.6 is 0 Å². The average Bonchev–Trinajstić information content (AvgIpc) is 2.87. The predicted molar refractivity (Wildman–Crippen MR) is 69.2 cm³/mol. The highest BCUT2D eigenvalue weighted by molar-refractivity contribution is 5.95. The Labute approximate surface area is 115 Å². The Bertz CT molecular complexity index is 560. The number of ether oxygens (including phenoxy) is 2. The summed E-state index contributed by atoms with van der Waals surface area (Å²) < 4.78 is 11.0. The number of amides is 2. The lowest BCUT2D eigenvalue weighted by molar-refractivity contribution is -0.118. The quantitative estimate of drug-likeness (QED) is 0.847. The molecule has 3 rings (SSSR count). The first kappa shape index (κ1) is 12.6. The van der Waals surface area contributed by atoms with E-state index < -0.39 is 6.09 Å². The maximum absolute atomic E-state index is 11.3. The Kier molecular flexibility index (Phi) is 3.09. The van der Waals surface area contributed by atoms with Crippen LogP contribution in [-0.4, -0.2) is 47.8 Å². The second-order valence-electron chi connectivity index (χ2n) is 4.75. The highest BCUT2D eigenvalue weighted by atomic mass is 16.5. The number of rotatable bonds is 2. The zero-order valence-corrected chi connectivity index (χ0v) is 10.7. The molecular weight excluding hydrogens is 264 g/mol. The summed E-state index contributed by atoms with van der Waals surface area (Å²) in [6.45, 7) is 0.851. The van der Waals surface area contributed by atoms with Crippen LogP contribution in [0, 0.1) is 0 Å². The van der Waals surface area contributed by atoms with Gasteiger partial charge in [0.25, 0.3) is 5.91 Å². The average molecular weight is 278 g/mol. The lowest BCUT2D eigenvalue weighted by Gasteiger charge is -2.20. The molecule has 0 bridgehead atoms. The van der Waals surface area contributed by atoms with Gasteiger partial charge in [-0.2, -0.15) is 0 Å². The van der Waals surface area contributed by atoms with Gasteiger partial charge < -0.3 is 24.8 Å². The van der Waals surface area contributed by atoms with E-state index in [1.165, 1.54) is 4.90 Å². The van der Waals surface area contributed by atoms with Crippen molar-refractivity contribution < 1.29 is 24.2 Å². The summed E-state index contributed by atoms with van der Waals surface area (Å²) in [5.74, 6) is 0.995. The van der Waals surface area contributed by atoms with Gasteiger partial charge in [-0.3, -0.25) is 4.79 Å². The van der Waals surface area contributed by atoms with Crippen LogP contribution in [0.2, 0.25) is 0 Å². The van der Waals surface area contributed by atoms with Crippen LogP contribution < -0.4 is 14.8 Å². The van der Waals surface area contributed by atoms with Crippen LogP contribution in [0.25, 0.3) is 0 Å². The second-order valence-corrected chi connectivity index (χ2v) is 4.75. The fraction of sp³-hybridized carbons (Fsp3) is 0.385. The first-order valence-corrected chi connectivity index (χ1v) is 6.33. The summed E-state index contributed by atoms with van der Waals surface area (Å²) in [5, 5.41) is 11.6. The van der Waals surface area contributed by atoms with Gasteiger partial charge in [-0.15, -0.1) is 0 Å². The van der Waals surface area contributed by atoms with Gasteiger partial charge in [0.2, 0.25) is 0 Å². The third-order valence-electron chi connectivity index (χ3n) is 3.30. The van der Waals surface area contributed by atoms with Crippen molar-refractivity contribution in [2.24, 2.45) is 0 Å². The molecule has 1 aromatic carbocycles. The molecule has 7 nitrogen and oxygen atoms in total. The lowest BCUT2D eigenvalue weighted by atomic mass is 10.2. The van der Waals surface area contributed by atoms with Crippen molar-refractivity contribution >= 4 is 17.7 Å². The predicted octanol–water partition coefficient (Wildman–Crippen LogP) is 1.15. The molecule has 0 unspecified atom stereocenters. The van der Waals surface area contributed by atoms with Gasteiger partial charge in [0, 0.05) is 19.0 Å². The molecule has 1 saturated heterocycles. The molecule has 2 heterocycles. The van der Waals surface area contributed by atoms with E-state index in [0.29, 0.717) is 36.7 Å². The number of carbonyl (C=O) groups excluding carboxylic acids is 1. The number of fused-ring (bicyclic) bond motifs is 1. The molecule has 0 aromatic heterocycles. The molecule has 2 aliphatic rings. The zero-order chi connectivity index (χ0) is 14.1. The molecule has 1 atom stereocenters. The van der Waals surface area contributed by atoms with Gasteiger partial charge in [0.15, 0.2) is 6.61 Å². The van der Waals surface area contributed by atoms with Crippen LogP contribution in [0.1, 0.15) is 6.42 Å². The Morgan fingerprint density at radius 2 is 2.35 bits per heavy atom. The van der Waals surface area contributed by atoms with Crippen molar-refractivity contribution in [3.63, 3.8) is 0 Å². The van der Waals surface area contributed by atoms with Crippen LogP contribution in [0.4, 0.5) is 10.5 Å². The number of nitrogens with one attached hydrogen (secondary N) is 1. The number of anilines is 1. The van der Waals surface area contributed by atoms with Gasteiger partial charge in [-0.1, -0.05) is 0 Å². The summed E-state index contributed by atoms with van der Waals surface area (Å²) in [6, 6.07) is 5.17. The maximum atomic E-state index is 11.3.